The second kappa shape index (κ2) is 11.1. The molecule has 1 fully saturated rings. The number of ketones is 1. The molecular formula is C27H37N3O2. The zero-order valence-electron chi connectivity index (χ0n) is 19.6. The standard InChI is InChI=1S/C27H37N3O2/c1-3-21-8-6-9-23(18-21)26(20(2)31)30-16-14-25(19-30)32-17-5-4-11-24-13-12-22-10-7-15-28-27(22)29-24/h6,8-9,12-13,18,25-26H,3-5,7,10-11,14-17,19H2,1-2H3,(H,28,29)/t25-,26+/m1/s1. The number of aryl methyl sites for hydroxylation is 3. The van der Waals surface area contributed by atoms with Crippen molar-refractivity contribution in [2.45, 2.75) is 70.9 Å². The number of nitrogens with zero attached hydrogens (tertiary/aromatic N) is 2. The Morgan fingerprint density at radius 1 is 1.28 bits per heavy atom. The summed E-state index contributed by atoms with van der Waals surface area (Å²) in [5.74, 6) is 1.30. The lowest BCUT2D eigenvalue weighted by Gasteiger charge is -2.26. The van der Waals surface area contributed by atoms with E-state index in [4.69, 9.17) is 9.72 Å². The fourth-order valence-electron chi connectivity index (χ4n) is 4.98. The molecule has 5 heteroatoms. The summed E-state index contributed by atoms with van der Waals surface area (Å²) in [6.07, 6.45) is 7.65. The Balaban J connectivity index is 1.21. The predicted octanol–water partition coefficient (Wildman–Crippen LogP) is 4.75. The number of Topliss-reactive ketones (excluding diaryl/α,β-unsaturated/α-hetero) is 1. The van der Waals surface area contributed by atoms with E-state index in [-0.39, 0.29) is 17.9 Å². The van der Waals surface area contributed by atoms with Crippen LogP contribution < -0.4 is 5.32 Å². The molecule has 1 aromatic heterocycles. The number of rotatable bonds is 10. The zero-order chi connectivity index (χ0) is 22.3. The highest BCUT2D eigenvalue weighted by Gasteiger charge is 2.32. The molecule has 4 rings (SSSR count). The number of aromatic nitrogens is 1. The van der Waals surface area contributed by atoms with Crippen LogP contribution in [0.5, 0.6) is 0 Å². The summed E-state index contributed by atoms with van der Waals surface area (Å²) in [6, 6.07) is 12.7. The Kier molecular flexibility index (Phi) is 7.93. The fraction of sp³-hybridized carbons (Fsp3) is 0.556. The zero-order valence-corrected chi connectivity index (χ0v) is 19.6. The third-order valence-electron chi connectivity index (χ3n) is 6.73. The van der Waals surface area contributed by atoms with Crippen LogP contribution in [-0.2, 0) is 28.8 Å². The number of benzene rings is 1. The monoisotopic (exact) mass is 435 g/mol. The lowest BCUT2D eigenvalue weighted by atomic mass is 9.99. The van der Waals surface area contributed by atoms with Gasteiger partial charge in [-0.15, -0.1) is 0 Å². The number of likely N-dealkylation sites (tertiary alicyclic amines) is 1. The first-order chi connectivity index (χ1) is 15.6. The number of pyridine rings is 1. The molecule has 0 amide bonds. The summed E-state index contributed by atoms with van der Waals surface area (Å²) in [6.45, 7) is 7.42. The van der Waals surface area contributed by atoms with Crippen molar-refractivity contribution in [2.75, 3.05) is 31.6 Å². The molecule has 3 heterocycles. The van der Waals surface area contributed by atoms with E-state index in [0.717, 1.165) is 76.1 Å². The van der Waals surface area contributed by atoms with Crippen molar-refractivity contribution in [2.24, 2.45) is 0 Å². The van der Waals surface area contributed by atoms with Crippen LogP contribution in [0.3, 0.4) is 0 Å². The van der Waals surface area contributed by atoms with Gasteiger partial charge in [-0.2, -0.15) is 0 Å². The van der Waals surface area contributed by atoms with Crippen molar-refractivity contribution < 1.29 is 9.53 Å². The number of carbonyl (C=O) groups is 1. The molecule has 2 aliphatic heterocycles. The highest BCUT2D eigenvalue weighted by Crippen LogP contribution is 2.28. The molecule has 0 unspecified atom stereocenters. The van der Waals surface area contributed by atoms with Crippen LogP contribution in [0.2, 0.25) is 0 Å². The van der Waals surface area contributed by atoms with Gasteiger partial charge in [0.2, 0.25) is 0 Å². The van der Waals surface area contributed by atoms with Gasteiger partial charge in [-0.1, -0.05) is 37.3 Å². The number of nitrogens with one attached hydrogen (secondary N) is 1. The largest absolute Gasteiger partial charge is 0.377 e. The average Bonchev–Trinajstić information content (AvgIpc) is 3.27. The molecule has 0 saturated carbocycles. The Morgan fingerprint density at radius 2 is 2.19 bits per heavy atom. The maximum absolute atomic E-state index is 12.5. The van der Waals surface area contributed by atoms with Crippen LogP contribution in [-0.4, -0.2) is 48.0 Å². The minimum atomic E-state index is -0.154. The number of carbonyl (C=O) groups excluding carboxylic acids is 1. The first-order valence-electron chi connectivity index (χ1n) is 12.3. The van der Waals surface area contributed by atoms with Gasteiger partial charge in [0.25, 0.3) is 0 Å². The lowest BCUT2D eigenvalue weighted by Crippen LogP contribution is -2.32. The molecule has 0 radical (unpaired) electrons. The molecule has 0 bridgehead atoms. The molecule has 2 atom stereocenters. The van der Waals surface area contributed by atoms with Crippen LogP contribution in [0.1, 0.15) is 68.0 Å². The summed E-state index contributed by atoms with van der Waals surface area (Å²) in [4.78, 5) is 19.6. The van der Waals surface area contributed by atoms with E-state index in [1.807, 2.05) is 0 Å². The molecule has 2 aliphatic rings. The SMILES string of the molecule is CCc1cccc([C@H](C(C)=O)N2CC[C@@H](OCCCCc3ccc4c(n3)NCCC4)C2)c1. The molecule has 5 nitrogen and oxygen atoms in total. The molecule has 2 aromatic rings. The lowest BCUT2D eigenvalue weighted by molar-refractivity contribution is -0.122. The Hall–Kier alpha value is -2.24. The molecule has 172 valence electrons. The minimum Gasteiger partial charge on any atom is -0.377 e. The Morgan fingerprint density at radius 3 is 3.03 bits per heavy atom. The predicted molar refractivity (Wildman–Crippen MR) is 129 cm³/mol. The van der Waals surface area contributed by atoms with Crippen molar-refractivity contribution in [3.8, 4) is 0 Å². The first kappa shape index (κ1) is 22.9. The van der Waals surface area contributed by atoms with E-state index in [9.17, 15) is 4.79 Å². The van der Waals surface area contributed by atoms with Crippen molar-refractivity contribution in [3.05, 3.63) is 58.8 Å². The number of ether oxygens (including phenoxy) is 1. The number of unbranched alkanes of at least 4 members (excludes halogenated alkanes) is 1. The van der Waals surface area contributed by atoms with E-state index in [1.165, 1.54) is 23.2 Å². The summed E-state index contributed by atoms with van der Waals surface area (Å²) in [5.41, 5.74) is 4.91. The van der Waals surface area contributed by atoms with Gasteiger partial charge in [-0.3, -0.25) is 9.69 Å². The highest BCUT2D eigenvalue weighted by molar-refractivity contribution is 5.83. The topological polar surface area (TPSA) is 54.5 Å². The van der Waals surface area contributed by atoms with Crippen LogP contribution in [0.25, 0.3) is 0 Å². The maximum atomic E-state index is 12.5. The summed E-state index contributed by atoms with van der Waals surface area (Å²) in [7, 11) is 0. The third kappa shape index (κ3) is 5.76. The van der Waals surface area contributed by atoms with Crippen molar-refractivity contribution in [1.82, 2.24) is 9.88 Å². The number of hydrogen-bond acceptors (Lipinski definition) is 5. The van der Waals surface area contributed by atoms with Crippen molar-refractivity contribution >= 4 is 11.6 Å². The smallest absolute Gasteiger partial charge is 0.151 e. The Bertz CT molecular complexity index is 914. The molecule has 1 N–H and O–H groups in total. The van der Waals surface area contributed by atoms with Crippen LogP contribution in [0.15, 0.2) is 36.4 Å². The van der Waals surface area contributed by atoms with E-state index < -0.39 is 0 Å². The second-order valence-electron chi connectivity index (χ2n) is 9.19. The first-order valence-corrected chi connectivity index (χ1v) is 12.3. The van der Waals surface area contributed by atoms with Gasteiger partial charge < -0.3 is 10.1 Å². The van der Waals surface area contributed by atoms with Gasteiger partial charge in [-0.25, -0.2) is 4.98 Å². The van der Waals surface area contributed by atoms with Crippen LogP contribution >= 0.6 is 0 Å². The summed E-state index contributed by atoms with van der Waals surface area (Å²) in [5, 5.41) is 3.42. The fourth-order valence-corrected chi connectivity index (χ4v) is 4.98. The molecular weight excluding hydrogens is 398 g/mol. The Labute approximate surface area is 192 Å². The van der Waals surface area contributed by atoms with Gasteiger partial charge in [0.15, 0.2) is 5.78 Å². The third-order valence-corrected chi connectivity index (χ3v) is 6.73. The molecule has 1 aromatic carbocycles. The highest BCUT2D eigenvalue weighted by atomic mass is 16.5. The van der Waals surface area contributed by atoms with E-state index in [1.54, 1.807) is 6.92 Å². The molecule has 0 spiro atoms. The summed E-state index contributed by atoms with van der Waals surface area (Å²) < 4.78 is 6.19. The summed E-state index contributed by atoms with van der Waals surface area (Å²) >= 11 is 0. The van der Waals surface area contributed by atoms with Gasteiger partial charge in [0, 0.05) is 31.9 Å². The van der Waals surface area contributed by atoms with Gasteiger partial charge in [-0.05, 0) is 74.6 Å². The average molecular weight is 436 g/mol. The van der Waals surface area contributed by atoms with E-state index >= 15 is 0 Å². The van der Waals surface area contributed by atoms with Crippen LogP contribution in [0.4, 0.5) is 5.82 Å². The minimum absolute atomic E-state index is 0.154. The van der Waals surface area contributed by atoms with Crippen LogP contribution in [0, 0.1) is 0 Å². The number of fused-ring (bicyclic) bond motifs is 1. The number of anilines is 1. The molecule has 0 aliphatic carbocycles. The van der Waals surface area contributed by atoms with E-state index in [0.29, 0.717) is 0 Å². The van der Waals surface area contributed by atoms with E-state index in [2.05, 4.69) is 53.5 Å². The van der Waals surface area contributed by atoms with Gasteiger partial charge in [0.05, 0.1) is 12.1 Å². The molecule has 1 saturated heterocycles. The second-order valence-corrected chi connectivity index (χ2v) is 9.19. The normalized spacial score (nSPS) is 19.4. The van der Waals surface area contributed by atoms with Gasteiger partial charge in [0.1, 0.15) is 5.82 Å². The quantitative estimate of drug-likeness (QED) is 0.546. The molecule has 32 heavy (non-hydrogen) atoms. The van der Waals surface area contributed by atoms with Gasteiger partial charge >= 0.3 is 0 Å². The van der Waals surface area contributed by atoms with Crippen molar-refractivity contribution in [3.63, 3.8) is 0 Å². The maximum Gasteiger partial charge on any atom is 0.151 e. The van der Waals surface area contributed by atoms with Crippen molar-refractivity contribution in [1.29, 1.82) is 0 Å². The number of hydrogen-bond donors (Lipinski definition) is 1.